The second-order valence-corrected chi connectivity index (χ2v) is 7.15. The summed E-state index contributed by atoms with van der Waals surface area (Å²) in [5.74, 6) is -0.287. The van der Waals surface area contributed by atoms with E-state index >= 15 is 0 Å². The van der Waals surface area contributed by atoms with Gasteiger partial charge in [0.2, 0.25) is 0 Å². The van der Waals surface area contributed by atoms with Gasteiger partial charge in [-0.1, -0.05) is 6.07 Å². The molecule has 0 aliphatic heterocycles. The predicted molar refractivity (Wildman–Crippen MR) is 88.3 cm³/mol. The minimum atomic E-state index is -0.287. The standard InChI is InChI=1S/C18H23N3O2/c1-2-23-16(22)13-3-4-14-12-21(20-15(14)11-13)18-8-5-17(19,6-9-18)7-10-18/h3-4,11-12H,2,5-10,19H2,1H3. The summed E-state index contributed by atoms with van der Waals surface area (Å²) >= 11 is 0. The Balaban J connectivity index is 1.68. The Bertz CT molecular complexity index is 740. The lowest BCUT2D eigenvalue weighted by molar-refractivity contribution is 0.0445. The summed E-state index contributed by atoms with van der Waals surface area (Å²) in [6.07, 6.45) is 8.66. The molecule has 2 N–H and O–H groups in total. The van der Waals surface area contributed by atoms with E-state index in [0.29, 0.717) is 12.2 Å². The highest BCUT2D eigenvalue weighted by Gasteiger charge is 2.48. The average Bonchev–Trinajstić information content (AvgIpc) is 3.00. The zero-order valence-electron chi connectivity index (χ0n) is 13.5. The van der Waals surface area contributed by atoms with Gasteiger partial charge >= 0.3 is 5.97 Å². The predicted octanol–water partition coefficient (Wildman–Crippen LogP) is 2.97. The van der Waals surface area contributed by atoms with Crippen LogP contribution in [0.3, 0.4) is 0 Å². The van der Waals surface area contributed by atoms with Crippen molar-refractivity contribution in [3.63, 3.8) is 0 Å². The fraction of sp³-hybridized carbons (Fsp3) is 0.556. The lowest BCUT2D eigenvalue weighted by atomic mass is 9.62. The first-order valence-corrected chi connectivity index (χ1v) is 8.50. The molecule has 0 saturated heterocycles. The molecule has 5 heteroatoms. The number of carbonyl (C=O) groups is 1. The molecule has 3 fully saturated rings. The van der Waals surface area contributed by atoms with Gasteiger partial charge in [-0.15, -0.1) is 0 Å². The molecule has 0 spiro atoms. The van der Waals surface area contributed by atoms with Crippen LogP contribution < -0.4 is 5.73 Å². The molecule has 3 aliphatic carbocycles. The molecule has 23 heavy (non-hydrogen) atoms. The molecule has 3 aliphatic rings. The molecule has 122 valence electrons. The van der Waals surface area contributed by atoms with Crippen molar-refractivity contribution in [2.24, 2.45) is 5.73 Å². The van der Waals surface area contributed by atoms with Gasteiger partial charge < -0.3 is 10.5 Å². The first-order chi connectivity index (χ1) is 11.0. The van der Waals surface area contributed by atoms with E-state index < -0.39 is 0 Å². The van der Waals surface area contributed by atoms with Crippen molar-refractivity contribution in [2.75, 3.05) is 6.61 Å². The Kier molecular flexibility index (Phi) is 3.23. The van der Waals surface area contributed by atoms with E-state index in [9.17, 15) is 4.79 Å². The van der Waals surface area contributed by atoms with Crippen LogP contribution in [-0.2, 0) is 10.3 Å². The summed E-state index contributed by atoms with van der Waals surface area (Å²) in [5.41, 5.74) is 8.01. The zero-order valence-corrected chi connectivity index (χ0v) is 13.5. The van der Waals surface area contributed by atoms with Crippen LogP contribution in [0, 0.1) is 0 Å². The Hall–Kier alpha value is -1.88. The van der Waals surface area contributed by atoms with Gasteiger partial charge in [-0.05, 0) is 57.6 Å². The van der Waals surface area contributed by atoms with Crippen molar-refractivity contribution >= 4 is 16.9 Å². The lowest BCUT2D eigenvalue weighted by Gasteiger charge is -2.51. The Morgan fingerprint density at radius 1 is 1.26 bits per heavy atom. The van der Waals surface area contributed by atoms with Crippen molar-refractivity contribution in [1.29, 1.82) is 0 Å². The smallest absolute Gasteiger partial charge is 0.338 e. The number of nitrogens with zero attached hydrogens (tertiary/aromatic N) is 2. The molecular weight excluding hydrogens is 290 g/mol. The molecule has 3 saturated carbocycles. The van der Waals surface area contributed by atoms with Crippen LogP contribution in [0.25, 0.3) is 10.9 Å². The highest BCUT2D eigenvalue weighted by Crippen LogP contribution is 2.49. The monoisotopic (exact) mass is 313 g/mol. The number of benzene rings is 1. The Morgan fingerprint density at radius 2 is 1.96 bits per heavy atom. The number of hydrogen-bond donors (Lipinski definition) is 1. The van der Waals surface area contributed by atoms with Crippen LogP contribution in [0.1, 0.15) is 55.8 Å². The topological polar surface area (TPSA) is 70.1 Å². The third kappa shape index (κ3) is 2.34. The van der Waals surface area contributed by atoms with Gasteiger partial charge in [0, 0.05) is 17.1 Å². The van der Waals surface area contributed by atoms with Crippen LogP contribution in [0.15, 0.2) is 24.4 Å². The summed E-state index contributed by atoms with van der Waals surface area (Å²) in [5, 5.41) is 5.87. The number of nitrogens with two attached hydrogens (primary N) is 1. The van der Waals surface area contributed by atoms with E-state index in [-0.39, 0.29) is 17.0 Å². The third-order valence-corrected chi connectivity index (χ3v) is 5.77. The van der Waals surface area contributed by atoms with Gasteiger partial charge in [-0.3, -0.25) is 4.68 Å². The van der Waals surface area contributed by atoms with E-state index in [1.165, 1.54) is 0 Å². The van der Waals surface area contributed by atoms with Gasteiger partial charge in [-0.2, -0.15) is 5.10 Å². The molecule has 0 unspecified atom stereocenters. The van der Waals surface area contributed by atoms with Crippen LogP contribution in [0.4, 0.5) is 0 Å². The summed E-state index contributed by atoms with van der Waals surface area (Å²) < 4.78 is 7.22. The molecule has 1 heterocycles. The minimum Gasteiger partial charge on any atom is -0.462 e. The molecule has 1 aromatic carbocycles. The highest BCUT2D eigenvalue weighted by molar-refractivity contribution is 5.94. The summed E-state index contributed by atoms with van der Waals surface area (Å²) in [6, 6.07) is 5.61. The second-order valence-electron chi connectivity index (χ2n) is 7.15. The van der Waals surface area contributed by atoms with E-state index in [1.807, 2.05) is 25.1 Å². The number of carbonyl (C=O) groups excluding carboxylic acids is 1. The summed E-state index contributed by atoms with van der Waals surface area (Å²) in [7, 11) is 0. The summed E-state index contributed by atoms with van der Waals surface area (Å²) in [6.45, 7) is 2.20. The number of hydrogen-bond acceptors (Lipinski definition) is 4. The van der Waals surface area contributed by atoms with E-state index in [2.05, 4.69) is 10.9 Å². The zero-order chi connectivity index (χ0) is 16.1. The van der Waals surface area contributed by atoms with Crippen LogP contribution >= 0.6 is 0 Å². The number of esters is 1. The van der Waals surface area contributed by atoms with E-state index in [4.69, 9.17) is 15.6 Å². The molecule has 2 aromatic rings. The molecular formula is C18H23N3O2. The average molecular weight is 313 g/mol. The van der Waals surface area contributed by atoms with E-state index in [1.54, 1.807) is 0 Å². The largest absolute Gasteiger partial charge is 0.462 e. The first-order valence-electron chi connectivity index (χ1n) is 8.50. The maximum absolute atomic E-state index is 11.9. The van der Waals surface area contributed by atoms with Gasteiger partial charge in [-0.25, -0.2) is 4.79 Å². The summed E-state index contributed by atoms with van der Waals surface area (Å²) in [4.78, 5) is 11.9. The molecule has 0 radical (unpaired) electrons. The van der Waals surface area contributed by atoms with Crippen molar-refractivity contribution in [1.82, 2.24) is 9.78 Å². The minimum absolute atomic E-state index is 0.0609. The maximum Gasteiger partial charge on any atom is 0.338 e. The number of rotatable bonds is 3. The van der Waals surface area contributed by atoms with Gasteiger partial charge in [0.15, 0.2) is 0 Å². The molecule has 0 amide bonds. The Morgan fingerprint density at radius 3 is 2.61 bits per heavy atom. The highest BCUT2D eigenvalue weighted by atomic mass is 16.5. The number of ether oxygens (including phenoxy) is 1. The fourth-order valence-corrected chi connectivity index (χ4v) is 4.14. The fourth-order valence-electron chi connectivity index (χ4n) is 4.14. The number of aromatic nitrogens is 2. The quantitative estimate of drug-likeness (QED) is 0.884. The van der Waals surface area contributed by atoms with Crippen LogP contribution in [0.5, 0.6) is 0 Å². The number of fused-ring (bicyclic) bond motifs is 4. The molecule has 1 aromatic heterocycles. The van der Waals surface area contributed by atoms with Crippen molar-refractivity contribution in [3.05, 3.63) is 30.0 Å². The lowest BCUT2D eigenvalue weighted by Crippen LogP contribution is -2.55. The van der Waals surface area contributed by atoms with Crippen LogP contribution in [-0.4, -0.2) is 27.9 Å². The molecule has 0 atom stereocenters. The van der Waals surface area contributed by atoms with E-state index in [0.717, 1.165) is 49.4 Å². The van der Waals surface area contributed by atoms with Crippen molar-refractivity contribution in [2.45, 2.75) is 56.5 Å². The van der Waals surface area contributed by atoms with Crippen molar-refractivity contribution < 1.29 is 9.53 Å². The molecule has 5 rings (SSSR count). The molecule has 2 bridgehead atoms. The van der Waals surface area contributed by atoms with Gasteiger partial charge in [0.25, 0.3) is 0 Å². The van der Waals surface area contributed by atoms with Gasteiger partial charge in [0.1, 0.15) is 0 Å². The SMILES string of the molecule is CCOC(=O)c1ccc2cn(C34CCC(N)(CC3)CC4)nc2c1. The molecule has 5 nitrogen and oxygen atoms in total. The third-order valence-electron chi connectivity index (χ3n) is 5.77. The van der Waals surface area contributed by atoms with Crippen LogP contribution in [0.2, 0.25) is 0 Å². The second kappa shape index (κ2) is 5.06. The van der Waals surface area contributed by atoms with Crippen molar-refractivity contribution in [3.8, 4) is 0 Å². The normalized spacial score (nSPS) is 29.8. The Labute approximate surface area is 135 Å². The maximum atomic E-state index is 11.9. The first kappa shape index (κ1) is 14.7. The van der Waals surface area contributed by atoms with Gasteiger partial charge in [0.05, 0.1) is 23.2 Å².